The maximum Gasteiger partial charge on any atom is 0.411 e. The lowest BCUT2D eigenvalue weighted by molar-refractivity contribution is -0.121. The molecule has 6 nitrogen and oxygen atoms in total. The van der Waals surface area contributed by atoms with Crippen LogP contribution in [0.3, 0.4) is 0 Å². The monoisotopic (exact) mass is 433 g/mol. The molecule has 174 valence electrons. The lowest BCUT2D eigenvalue weighted by Gasteiger charge is -2.13. The van der Waals surface area contributed by atoms with E-state index in [0.717, 1.165) is 30.4 Å². The number of aryl methyl sites for hydroxylation is 1. The van der Waals surface area contributed by atoms with Crippen LogP contribution in [0.2, 0.25) is 0 Å². The molecule has 0 saturated carbocycles. The van der Waals surface area contributed by atoms with Gasteiger partial charge in [-0.05, 0) is 56.4 Å². The van der Waals surface area contributed by atoms with Crippen LogP contribution in [0.15, 0.2) is 18.2 Å². The number of anilines is 1. The molecule has 2 unspecified atom stereocenters. The van der Waals surface area contributed by atoms with Gasteiger partial charge in [0, 0.05) is 35.9 Å². The van der Waals surface area contributed by atoms with E-state index in [1.165, 1.54) is 7.11 Å². The van der Waals surface area contributed by atoms with Crippen molar-refractivity contribution in [2.45, 2.75) is 80.1 Å². The summed E-state index contributed by atoms with van der Waals surface area (Å²) in [5, 5.41) is 2.60. The average Bonchev–Trinajstić information content (AvgIpc) is 2.76. The molecule has 6 heteroatoms. The van der Waals surface area contributed by atoms with Gasteiger partial charge in [-0.2, -0.15) is 0 Å². The fraction of sp³-hybridized carbons (Fsp3) is 0.600. The van der Waals surface area contributed by atoms with Gasteiger partial charge in [0.1, 0.15) is 11.6 Å². The number of ether oxygens (including phenoxy) is 1. The summed E-state index contributed by atoms with van der Waals surface area (Å²) < 4.78 is 4.54. The summed E-state index contributed by atoms with van der Waals surface area (Å²) >= 11 is 0. The van der Waals surface area contributed by atoms with Crippen LogP contribution in [0.25, 0.3) is 0 Å². The van der Waals surface area contributed by atoms with Gasteiger partial charge in [-0.1, -0.05) is 34.6 Å². The van der Waals surface area contributed by atoms with Crippen LogP contribution in [0.5, 0.6) is 0 Å². The first-order chi connectivity index (χ1) is 14.6. The number of Topliss-reactive ketones (excluding diaryl/α,β-unsaturated/α-hetero) is 3. The summed E-state index contributed by atoms with van der Waals surface area (Å²) in [5.41, 5.74) is 2.33. The molecule has 1 amide bonds. The van der Waals surface area contributed by atoms with E-state index in [1.807, 2.05) is 40.7 Å². The molecule has 0 fully saturated rings. The Morgan fingerprint density at radius 3 is 2.13 bits per heavy atom. The summed E-state index contributed by atoms with van der Waals surface area (Å²) in [7, 11) is 1.32. The molecule has 1 N–H and O–H groups in total. The van der Waals surface area contributed by atoms with Crippen LogP contribution in [-0.2, 0) is 20.7 Å². The van der Waals surface area contributed by atoms with Gasteiger partial charge in [0.15, 0.2) is 5.78 Å². The SMILES string of the molecule is CCCC(=O)CCC(C)C(C)=O.CCc1cc(NC(=O)OC)ccc1C(=O)C(C)CC. The number of hydrogen-bond acceptors (Lipinski definition) is 5. The van der Waals surface area contributed by atoms with Gasteiger partial charge in [0.05, 0.1) is 7.11 Å². The summed E-state index contributed by atoms with van der Waals surface area (Å²) in [4.78, 5) is 45.2. The Kier molecular flexibility index (Phi) is 14.1. The number of benzene rings is 1. The molecule has 0 radical (unpaired) electrons. The largest absolute Gasteiger partial charge is 0.453 e. The van der Waals surface area contributed by atoms with Crippen LogP contribution < -0.4 is 5.32 Å². The molecular weight excluding hydrogens is 394 g/mol. The first-order valence-electron chi connectivity index (χ1n) is 11.1. The number of hydrogen-bond donors (Lipinski definition) is 1. The van der Waals surface area contributed by atoms with Crippen LogP contribution in [0.1, 0.15) is 89.6 Å². The Morgan fingerprint density at radius 1 is 1.00 bits per heavy atom. The second-order valence-electron chi connectivity index (χ2n) is 7.85. The predicted molar refractivity (Wildman–Crippen MR) is 125 cm³/mol. The molecule has 0 heterocycles. The topological polar surface area (TPSA) is 89.5 Å². The highest BCUT2D eigenvalue weighted by atomic mass is 16.5. The van der Waals surface area contributed by atoms with E-state index in [4.69, 9.17) is 0 Å². The van der Waals surface area contributed by atoms with Crippen molar-refractivity contribution >= 4 is 29.1 Å². The van der Waals surface area contributed by atoms with Crippen molar-refractivity contribution in [3.63, 3.8) is 0 Å². The van der Waals surface area contributed by atoms with Gasteiger partial charge in [-0.25, -0.2) is 4.79 Å². The van der Waals surface area contributed by atoms with E-state index in [9.17, 15) is 19.2 Å². The minimum atomic E-state index is -0.511. The summed E-state index contributed by atoms with van der Waals surface area (Å²) in [6.45, 7) is 11.4. The quantitative estimate of drug-likeness (QED) is 0.431. The van der Waals surface area contributed by atoms with Crippen LogP contribution >= 0.6 is 0 Å². The Morgan fingerprint density at radius 2 is 1.65 bits per heavy atom. The Labute approximate surface area is 187 Å². The summed E-state index contributed by atoms with van der Waals surface area (Å²) in [5.74, 6) is 0.685. The van der Waals surface area contributed by atoms with Gasteiger partial charge < -0.3 is 4.74 Å². The molecule has 1 rings (SSSR count). The van der Waals surface area contributed by atoms with Gasteiger partial charge >= 0.3 is 6.09 Å². The van der Waals surface area contributed by atoms with E-state index in [0.29, 0.717) is 24.9 Å². The number of carbonyl (C=O) groups excluding carboxylic acids is 4. The number of carbonyl (C=O) groups is 4. The molecule has 0 aliphatic heterocycles. The predicted octanol–water partition coefficient (Wildman–Crippen LogP) is 6.02. The van der Waals surface area contributed by atoms with E-state index in [2.05, 4.69) is 10.1 Å². The molecule has 1 aromatic carbocycles. The third-order valence-corrected chi connectivity index (χ3v) is 5.32. The zero-order valence-electron chi connectivity index (χ0n) is 20.2. The maximum absolute atomic E-state index is 12.2. The van der Waals surface area contributed by atoms with Crippen LogP contribution in [-0.4, -0.2) is 30.6 Å². The van der Waals surface area contributed by atoms with Crippen LogP contribution in [0.4, 0.5) is 10.5 Å². The van der Waals surface area contributed by atoms with Crippen molar-refractivity contribution in [3.8, 4) is 0 Å². The molecule has 31 heavy (non-hydrogen) atoms. The van der Waals surface area contributed by atoms with Crippen molar-refractivity contribution in [1.82, 2.24) is 0 Å². The highest BCUT2D eigenvalue weighted by Crippen LogP contribution is 2.21. The van der Waals surface area contributed by atoms with Crippen molar-refractivity contribution in [3.05, 3.63) is 29.3 Å². The van der Waals surface area contributed by atoms with Gasteiger partial charge in [-0.15, -0.1) is 0 Å². The summed E-state index contributed by atoms with van der Waals surface area (Å²) in [6, 6.07) is 5.33. The smallest absolute Gasteiger partial charge is 0.411 e. The number of nitrogens with one attached hydrogen (secondary N) is 1. The van der Waals surface area contributed by atoms with Gasteiger partial charge in [0.2, 0.25) is 0 Å². The van der Waals surface area contributed by atoms with E-state index in [-0.39, 0.29) is 29.2 Å². The first kappa shape index (κ1) is 28.5. The minimum absolute atomic E-state index is 0.0183. The lowest BCUT2D eigenvalue weighted by Crippen LogP contribution is -2.14. The summed E-state index contributed by atoms with van der Waals surface area (Å²) in [6.07, 6.45) is 3.90. The standard InChI is InChI=1S/C15H21NO3.C10H18O2/c1-5-10(3)14(17)13-8-7-12(9-11(13)6-2)16-15(18)19-4;1-4-5-10(12)7-6-8(2)9(3)11/h7-10H,5-6H2,1-4H3,(H,16,18);8H,4-7H2,1-3H3. The first-order valence-corrected chi connectivity index (χ1v) is 11.1. The number of ketones is 3. The molecule has 0 aliphatic rings. The van der Waals surface area contributed by atoms with Crippen molar-refractivity contribution in [2.75, 3.05) is 12.4 Å². The van der Waals surface area contributed by atoms with Gasteiger partial charge in [0.25, 0.3) is 0 Å². The van der Waals surface area contributed by atoms with Crippen molar-refractivity contribution in [2.24, 2.45) is 11.8 Å². The fourth-order valence-corrected chi connectivity index (χ4v) is 2.81. The third-order valence-electron chi connectivity index (χ3n) is 5.32. The molecular formula is C25H39NO5. The second kappa shape index (κ2) is 15.3. The zero-order valence-corrected chi connectivity index (χ0v) is 20.2. The average molecular weight is 434 g/mol. The molecule has 0 aromatic heterocycles. The zero-order chi connectivity index (χ0) is 24.0. The van der Waals surface area contributed by atoms with Crippen molar-refractivity contribution < 1.29 is 23.9 Å². The minimum Gasteiger partial charge on any atom is -0.453 e. The Hall–Kier alpha value is -2.50. The molecule has 0 saturated heterocycles. The Balaban J connectivity index is 0.000000649. The Bertz CT molecular complexity index is 741. The maximum atomic E-state index is 12.2. The number of methoxy groups -OCH3 is 1. The highest BCUT2D eigenvalue weighted by Gasteiger charge is 2.17. The number of amides is 1. The lowest BCUT2D eigenvalue weighted by atomic mass is 9.92. The molecule has 0 spiro atoms. The highest BCUT2D eigenvalue weighted by molar-refractivity contribution is 5.99. The number of rotatable bonds is 11. The normalized spacial score (nSPS) is 12.1. The molecule has 0 aliphatic carbocycles. The second-order valence-corrected chi connectivity index (χ2v) is 7.85. The van der Waals surface area contributed by atoms with E-state index >= 15 is 0 Å². The van der Waals surface area contributed by atoms with E-state index < -0.39 is 6.09 Å². The molecule has 1 aromatic rings. The molecule has 0 bridgehead atoms. The van der Waals surface area contributed by atoms with Gasteiger partial charge in [-0.3, -0.25) is 19.7 Å². The van der Waals surface area contributed by atoms with E-state index in [1.54, 1.807) is 19.1 Å². The third kappa shape index (κ3) is 10.9. The fourth-order valence-electron chi connectivity index (χ4n) is 2.81. The van der Waals surface area contributed by atoms with Crippen LogP contribution in [0, 0.1) is 11.8 Å². The molecule has 2 atom stereocenters. The van der Waals surface area contributed by atoms with Crippen molar-refractivity contribution in [1.29, 1.82) is 0 Å².